The molecule has 0 aliphatic carbocycles. The average molecular weight is 337 g/mol. The molecule has 3 rings (SSSR count). The lowest BCUT2D eigenvalue weighted by atomic mass is 10.1. The number of amides is 1. The Bertz CT molecular complexity index is 647. The zero-order chi connectivity index (χ0) is 16.2. The number of hydrogen-bond acceptors (Lipinski definition) is 6. The van der Waals surface area contributed by atoms with E-state index in [0.717, 1.165) is 12.1 Å². The van der Waals surface area contributed by atoms with E-state index in [-0.39, 0.29) is 5.91 Å². The maximum absolute atomic E-state index is 12.5. The van der Waals surface area contributed by atoms with Crippen molar-refractivity contribution in [3.63, 3.8) is 0 Å². The van der Waals surface area contributed by atoms with Gasteiger partial charge in [-0.2, -0.15) is 4.98 Å². The summed E-state index contributed by atoms with van der Waals surface area (Å²) < 4.78 is 10.4. The Kier molecular flexibility index (Phi) is 4.90. The zero-order valence-electron chi connectivity index (χ0n) is 12.6. The quantitative estimate of drug-likeness (QED) is 0.905. The summed E-state index contributed by atoms with van der Waals surface area (Å²) in [5.41, 5.74) is 0.813. The van der Waals surface area contributed by atoms with Gasteiger partial charge in [0.2, 0.25) is 6.39 Å². The minimum atomic E-state index is -0.519. The van der Waals surface area contributed by atoms with Crippen molar-refractivity contribution in [2.24, 2.45) is 0 Å². The molecule has 0 radical (unpaired) electrons. The van der Waals surface area contributed by atoms with E-state index < -0.39 is 12.1 Å². The lowest BCUT2D eigenvalue weighted by Crippen LogP contribution is -2.49. The van der Waals surface area contributed by atoms with E-state index in [1.807, 2.05) is 19.2 Å². The molecule has 1 aromatic carbocycles. The summed E-state index contributed by atoms with van der Waals surface area (Å²) in [6.45, 7) is 1.89. The van der Waals surface area contributed by atoms with Gasteiger partial charge in [0.25, 0.3) is 5.91 Å². The Balaban J connectivity index is 1.79. The lowest BCUT2D eigenvalue weighted by molar-refractivity contribution is -0.138. The predicted octanol–water partition coefficient (Wildman–Crippen LogP) is 1.26. The molecule has 1 aliphatic heterocycles. The number of aromatic nitrogens is 2. The molecular formula is C15H17ClN4O3. The van der Waals surface area contributed by atoms with Crippen molar-refractivity contribution in [2.45, 2.75) is 12.1 Å². The lowest BCUT2D eigenvalue weighted by Gasteiger charge is -2.30. The van der Waals surface area contributed by atoms with E-state index in [1.54, 1.807) is 12.1 Å². The Morgan fingerprint density at radius 1 is 1.43 bits per heavy atom. The molecule has 23 heavy (non-hydrogen) atoms. The number of carbonyl (C=O) groups is 1. The van der Waals surface area contributed by atoms with Crippen molar-refractivity contribution in [2.75, 3.05) is 26.7 Å². The van der Waals surface area contributed by atoms with Crippen molar-refractivity contribution in [1.82, 2.24) is 20.4 Å². The first-order valence-electron chi connectivity index (χ1n) is 7.26. The first kappa shape index (κ1) is 15.9. The van der Waals surface area contributed by atoms with Gasteiger partial charge < -0.3 is 19.5 Å². The maximum Gasteiger partial charge on any atom is 0.251 e. The third-order valence-corrected chi connectivity index (χ3v) is 3.94. The fourth-order valence-electron chi connectivity index (χ4n) is 2.43. The second-order valence-electron chi connectivity index (χ2n) is 5.40. The molecule has 1 aromatic heterocycles. The fraction of sp³-hybridized carbons (Fsp3) is 0.400. The van der Waals surface area contributed by atoms with Crippen LogP contribution in [0, 0.1) is 0 Å². The van der Waals surface area contributed by atoms with Crippen LogP contribution >= 0.6 is 11.6 Å². The first-order chi connectivity index (χ1) is 11.1. The van der Waals surface area contributed by atoms with Gasteiger partial charge in [-0.05, 0) is 24.7 Å². The van der Waals surface area contributed by atoms with Gasteiger partial charge in [0.15, 0.2) is 5.82 Å². The molecule has 1 amide bonds. The van der Waals surface area contributed by atoms with Crippen molar-refractivity contribution in [1.29, 1.82) is 0 Å². The van der Waals surface area contributed by atoms with Crippen LogP contribution in [-0.2, 0) is 9.53 Å². The summed E-state index contributed by atoms with van der Waals surface area (Å²) >= 11 is 5.92. The van der Waals surface area contributed by atoms with Gasteiger partial charge >= 0.3 is 0 Å². The number of carbonyl (C=O) groups excluding carboxylic acids is 1. The van der Waals surface area contributed by atoms with Crippen LogP contribution in [0.5, 0.6) is 0 Å². The molecule has 7 nitrogen and oxygen atoms in total. The van der Waals surface area contributed by atoms with Crippen molar-refractivity contribution in [3.05, 3.63) is 47.1 Å². The highest BCUT2D eigenvalue weighted by Gasteiger charge is 2.29. The number of benzene rings is 1. The average Bonchev–Trinajstić information content (AvgIpc) is 3.07. The van der Waals surface area contributed by atoms with Gasteiger partial charge in [0.1, 0.15) is 12.1 Å². The van der Waals surface area contributed by atoms with Gasteiger partial charge in [-0.25, -0.2) is 0 Å². The molecule has 0 unspecified atom stereocenters. The fourth-order valence-corrected chi connectivity index (χ4v) is 2.56. The van der Waals surface area contributed by atoms with E-state index in [9.17, 15) is 4.79 Å². The smallest absolute Gasteiger partial charge is 0.251 e. The molecule has 0 bridgehead atoms. The Labute approximate surface area is 138 Å². The van der Waals surface area contributed by atoms with Crippen LogP contribution in [0.4, 0.5) is 0 Å². The van der Waals surface area contributed by atoms with E-state index in [2.05, 4.69) is 20.4 Å². The van der Waals surface area contributed by atoms with E-state index in [4.69, 9.17) is 20.9 Å². The Morgan fingerprint density at radius 3 is 2.87 bits per heavy atom. The van der Waals surface area contributed by atoms with Gasteiger partial charge in [0, 0.05) is 18.1 Å². The van der Waals surface area contributed by atoms with Crippen molar-refractivity contribution in [3.8, 4) is 0 Å². The van der Waals surface area contributed by atoms with E-state index >= 15 is 0 Å². The molecular weight excluding hydrogens is 320 g/mol. The van der Waals surface area contributed by atoms with Crippen LogP contribution in [0.15, 0.2) is 35.2 Å². The van der Waals surface area contributed by atoms with Crippen LogP contribution < -0.4 is 5.32 Å². The standard InChI is InChI=1S/C15H17ClN4O3/c1-20-6-7-22-12(8-20)15(21)18-13(14-17-9-23-19-14)10-2-4-11(16)5-3-10/h2-5,9,12-13H,6-8H2,1H3,(H,18,21)/t12-,13+/m1/s1. The minimum Gasteiger partial charge on any atom is -0.366 e. The van der Waals surface area contributed by atoms with Gasteiger partial charge in [-0.15, -0.1) is 0 Å². The molecule has 2 atom stereocenters. The highest BCUT2D eigenvalue weighted by Crippen LogP contribution is 2.21. The van der Waals surface area contributed by atoms with Gasteiger partial charge in [-0.1, -0.05) is 28.9 Å². The van der Waals surface area contributed by atoms with Gasteiger partial charge in [0.05, 0.1) is 6.61 Å². The van der Waals surface area contributed by atoms with Crippen LogP contribution in [0.3, 0.4) is 0 Å². The number of likely N-dealkylation sites (N-methyl/N-ethyl adjacent to an activating group) is 1. The third kappa shape index (κ3) is 3.87. The monoisotopic (exact) mass is 336 g/mol. The van der Waals surface area contributed by atoms with Crippen LogP contribution in [-0.4, -0.2) is 53.8 Å². The predicted molar refractivity (Wildman–Crippen MR) is 83.0 cm³/mol. The highest BCUT2D eigenvalue weighted by atomic mass is 35.5. The SMILES string of the molecule is CN1CCO[C@@H](C(=O)N[C@@H](c2ccc(Cl)cc2)c2ncon2)C1. The summed E-state index contributed by atoms with van der Waals surface area (Å²) in [4.78, 5) is 18.6. The van der Waals surface area contributed by atoms with Crippen LogP contribution in [0.1, 0.15) is 17.4 Å². The van der Waals surface area contributed by atoms with Crippen molar-refractivity contribution >= 4 is 17.5 Å². The molecule has 1 saturated heterocycles. The molecule has 2 heterocycles. The minimum absolute atomic E-state index is 0.207. The summed E-state index contributed by atoms with van der Waals surface area (Å²) in [6.07, 6.45) is 0.713. The summed E-state index contributed by atoms with van der Waals surface area (Å²) in [5, 5.41) is 7.39. The van der Waals surface area contributed by atoms with E-state index in [1.165, 1.54) is 6.39 Å². The molecule has 2 aromatic rings. The number of morpholine rings is 1. The number of nitrogens with zero attached hydrogens (tertiary/aromatic N) is 3. The van der Waals surface area contributed by atoms with E-state index in [0.29, 0.717) is 24.0 Å². The van der Waals surface area contributed by atoms with Crippen LogP contribution in [0.2, 0.25) is 5.02 Å². The molecule has 1 fully saturated rings. The Hall–Kier alpha value is -1.96. The summed E-state index contributed by atoms with van der Waals surface area (Å²) in [6, 6.07) is 6.62. The second kappa shape index (κ2) is 7.08. The molecule has 1 N–H and O–H groups in total. The molecule has 0 spiro atoms. The molecule has 122 valence electrons. The third-order valence-electron chi connectivity index (χ3n) is 3.69. The number of hydrogen-bond donors (Lipinski definition) is 1. The first-order valence-corrected chi connectivity index (χ1v) is 7.63. The number of nitrogens with one attached hydrogen (secondary N) is 1. The van der Waals surface area contributed by atoms with Crippen LogP contribution in [0.25, 0.3) is 0 Å². The zero-order valence-corrected chi connectivity index (χ0v) is 13.4. The molecule has 8 heteroatoms. The topological polar surface area (TPSA) is 80.5 Å². The number of halogens is 1. The number of ether oxygens (including phenoxy) is 1. The van der Waals surface area contributed by atoms with Crippen molar-refractivity contribution < 1.29 is 14.1 Å². The summed E-state index contributed by atoms with van der Waals surface area (Å²) in [7, 11) is 1.96. The molecule has 1 aliphatic rings. The second-order valence-corrected chi connectivity index (χ2v) is 5.84. The van der Waals surface area contributed by atoms with Gasteiger partial charge in [-0.3, -0.25) is 4.79 Å². The largest absolute Gasteiger partial charge is 0.366 e. The maximum atomic E-state index is 12.5. The number of rotatable bonds is 4. The normalized spacial score (nSPS) is 20.2. The Morgan fingerprint density at radius 2 is 2.22 bits per heavy atom. The molecule has 0 saturated carbocycles. The highest BCUT2D eigenvalue weighted by molar-refractivity contribution is 6.30. The summed E-state index contributed by atoms with van der Waals surface area (Å²) in [5.74, 6) is 0.172.